The molecule has 3 aliphatic rings. The van der Waals surface area contributed by atoms with Crippen LogP contribution in [-0.4, -0.2) is 48.4 Å². The molecule has 0 bridgehead atoms. The van der Waals surface area contributed by atoms with Crippen molar-refractivity contribution in [3.05, 3.63) is 70.2 Å². The Kier molecular flexibility index (Phi) is 9.89. The van der Waals surface area contributed by atoms with Crippen LogP contribution in [0.15, 0.2) is 48.5 Å². The first-order valence-corrected chi connectivity index (χ1v) is 16.0. The standard InChI is InChI=1S/C34H44ClN3O4/c1-2-42-33(41)34(25-9-4-3-5-10-25)18-20-38(21-19-34)32(40)29(22-23-12-15-26(35)16-13-23)37-31(39)28-17-14-24-8-6-7-11-27(24)30(28)36/h6-8,11-13,15-16,25,28-30H,2-5,9-10,14,17-22,36H2,1H3,(H,37,39)/t28-,29-,30+/m1/s1. The minimum atomic E-state index is -0.743. The van der Waals surface area contributed by atoms with Gasteiger partial charge < -0.3 is 20.7 Å². The molecule has 3 atom stereocenters. The number of piperidine rings is 1. The molecule has 7 nitrogen and oxygen atoms in total. The Labute approximate surface area is 254 Å². The molecule has 1 aliphatic heterocycles. The molecule has 0 unspecified atom stereocenters. The van der Waals surface area contributed by atoms with E-state index in [4.69, 9.17) is 22.1 Å². The van der Waals surface area contributed by atoms with Gasteiger partial charge in [-0.15, -0.1) is 0 Å². The van der Waals surface area contributed by atoms with Crippen LogP contribution < -0.4 is 11.1 Å². The zero-order chi connectivity index (χ0) is 29.7. The van der Waals surface area contributed by atoms with E-state index >= 15 is 0 Å². The molecule has 2 amide bonds. The molecular formula is C34H44ClN3O4. The monoisotopic (exact) mass is 593 g/mol. The van der Waals surface area contributed by atoms with Crippen molar-refractivity contribution in [2.24, 2.45) is 23.0 Å². The van der Waals surface area contributed by atoms with E-state index in [9.17, 15) is 14.4 Å². The number of nitrogens with one attached hydrogen (secondary N) is 1. The first kappa shape index (κ1) is 30.6. The molecule has 2 fully saturated rings. The number of fused-ring (bicyclic) bond motifs is 1. The van der Waals surface area contributed by atoms with Gasteiger partial charge >= 0.3 is 5.97 Å². The van der Waals surface area contributed by atoms with Gasteiger partial charge in [0.2, 0.25) is 11.8 Å². The second-order valence-corrected chi connectivity index (χ2v) is 12.7. The number of esters is 1. The molecule has 0 aromatic heterocycles. The highest BCUT2D eigenvalue weighted by molar-refractivity contribution is 6.30. The fourth-order valence-electron chi connectivity index (χ4n) is 7.48. The number of halogens is 1. The third kappa shape index (κ3) is 6.52. The molecule has 2 aromatic rings. The van der Waals surface area contributed by atoms with Crippen LogP contribution in [0.1, 0.15) is 81.0 Å². The number of ether oxygens (including phenoxy) is 1. The molecule has 0 radical (unpaired) electrons. The first-order valence-electron chi connectivity index (χ1n) is 15.7. The summed E-state index contributed by atoms with van der Waals surface area (Å²) in [7, 11) is 0. The van der Waals surface area contributed by atoms with Crippen LogP contribution in [0.4, 0.5) is 0 Å². The lowest BCUT2D eigenvalue weighted by atomic mass is 9.63. The zero-order valence-electron chi connectivity index (χ0n) is 24.7. The maximum Gasteiger partial charge on any atom is 0.312 e. The summed E-state index contributed by atoms with van der Waals surface area (Å²) in [6, 6.07) is 14.2. The smallest absolute Gasteiger partial charge is 0.312 e. The second-order valence-electron chi connectivity index (χ2n) is 12.3. The second kappa shape index (κ2) is 13.6. The van der Waals surface area contributed by atoms with Crippen LogP contribution in [0.3, 0.4) is 0 Å². The van der Waals surface area contributed by atoms with Gasteiger partial charge in [0.1, 0.15) is 6.04 Å². The number of likely N-dealkylation sites (tertiary alicyclic amines) is 1. The summed E-state index contributed by atoms with van der Waals surface area (Å²) in [5, 5.41) is 3.72. The summed E-state index contributed by atoms with van der Waals surface area (Å²) < 4.78 is 5.60. The molecule has 226 valence electrons. The summed E-state index contributed by atoms with van der Waals surface area (Å²) in [6.07, 6.45) is 8.50. The van der Waals surface area contributed by atoms with Crippen molar-refractivity contribution in [2.75, 3.05) is 19.7 Å². The predicted octanol–water partition coefficient (Wildman–Crippen LogP) is 5.38. The van der Waals surface area contributed by atoms with E-state index in [1.165, 1.54) is 12.0 Å². The lowest BCUT2D eigenvalue weighted by Gasteiger charge is -2.46. The Bertz CT molecular complexity index is 1250. The van der Waals surface area contributed by atoms with Crippen molar-refractivity contribution < 1.29 is 19.1 Å². The number of amides is 2. The van der Waals surface area contributed by atoms with Gasteiger partial charge in [0, 0.05) is 30.6 Å². The molecule has 2 aliphatic carbocycles. The largest absolute Gasteiger partial charge is 0.466 e. The van der Waals surface area contributed by atoms with E-state index in [-0.39, 0.29) is 17.8 Å². The van der Waals surface area contributed by atoms with Crippen molar-refractivity contribution in [2.45, 2.75) is 83.2 Å². The van der Waals surface area contributed by atoms with Gasteiger partial charge in [-0.3, -0.25) is 14.4 Å². The van der Waals surface area contributed by atoms with Crippen LogP contribution in [0.2, 0.25) is 5.02 Å². The number of aryl methyl sites for hydroxylation is 1. The van der Waals surface area contributed by atoms with Gasteiger partial charge in [-0.2, -0.15) is 0 Å². The lowest BCUT2D eigenvalue weighted by Crippen LogP contribution is -2.56. The van der Waals surface area contributed by atoms with Crippen LogP contribution in [0, 0.1) is 17.3 Å². The maximum atomic E-state index is 14.1. The number of benzene rings is 2. The lowest BCUT2D eigenvalue weighted by molar-refractivity contribution is -0.166. The first-order chi connectivity index (χ1) is 20.3. The molecule has 1 saturated carbocycles. The van der Waals surface area contributed by atoms with Crippen molar-refractivity contribution in [3.8, 4) is 0 Å². The molecule has 1 heterocycles. The summed E-state index contributed by atoms with van der Waals surface area (Å²) >= 11 is 6.12. The van der Waals surface area contributed by atoms with Gasteiger partial charge in [-0.05, 0) is 80.2 Å². The number of carbonyl (C=O) groups excluding carboxylic acids is 3. The number of hydrogen-bond donors (Lipinski definition) is 2. The molecule has 2 aromatic carbocycles. The topological polar surface area (TPSA) is 102 Å². The van der Waals surface area contributed by atoms with E-state index in [1.54, 1.807) is 12.1 Å². The molecular weight excluding hydrogens is 550 g/mol. The van der Waals surface area contributed by atoms with Crippen molar-refractivity contribution in [3.63, 3.8) is 0 Å². The minimum absolute atomic E-state index is 0.110. The number of nitrogens with two attached hydrogens (primary N) is 1. The summed E-state index contributed by atoms with van der Waals surface area (Å²) in [5.74, 6) is -0.539. The fraction of sp³-hybridized carbons (Fsp3) is 0.559. The average molecular weight is 594 g/mol. The number of hydrogen-bond acceptors (Lipinski definition) is 5. The van der Waals surface area contributed by atoms with Gasteiger partial charge in [-0.25, -0.2) is 0 Å². The molecule has 1 saturated heterocycles. The Balaban J connectivity index is 1.32. The van der Waals surface area contributed by atoms with Crippen molar-refractivity contribution >= 4 is 29.4 Å². The highest BCUT2D eigenvalue weighted by Gasteiger charge is 2.49. The van der Waals surface area contributed by atoms with E-state index in [1.807, 2.05) is 42.2 Å². The highest BCUT2D eigenvalue weighted by Crippen LogP contribution is 2.47. The van der Waals surface area contributed by atoms with Gasteiger partial charge in [0.05, 0.1) is 17.9 Å². The summed E-state index contributed by atoms with van der Waals surface area (Å²) in [6.45, 7) is 3.15. The Morgan fingerprint density at radius 1 is 1.02 bits per heavy atom. The van der Waals surface area contributed by atoms with Crippen LogP contribution in [-0.2, 0) is 32.0 Å². The third-order valence-electron chi connectivity index (χ3n) is 9.91. The van der Waals surface area contributed by atoms with E-state index in [2.05, 4.69) is 11.4 Å². The number of rotatable bonds is 8. The van der Waals surface area contributed by atoms with Crippen LogP contribution in [0.5, 0.6) is 0 Å². The SMILES string of the molecule is CCOC(=O)C1(C2CCCCC2)CCN(C(=O)[C@@H](Cc2ccc(Cl)cc2)NC(=O)[C@@H]2CCc3ccccc3[C@@H]2N)CC1. The third-order valence-corrected chi connectivity index (χ3v) is 10.2. The fourth-order valence-corrected chi connectivity index (χ4v) is 7.61. The van der Waals surface area contributed by atoms with E-state index in [0.717, 1.165) is 43.2 Å². The minimum Gasteiger partial charge on any atom is -0.466 e. The Morgan fingerprint density at radius 3 is 2.40 bits per heavy atom. The van der Waals surface area contributed by atoms with E-state index < -0.39 is 23.4 Å². The molecule has 3 N–H and O–H groups in total. The average Bonchev–Trinajstić information content (AvgIpc) is 3.02. The molecule has 8 heteroatoms. The van der Waals surface area contributed by atoms with Crippen LogP contribution in [0.25, 0.3) is 0 Å². The number of nitrogens with zero attached hydrogens (tertiary/aromatic N) is 1. The summed E-state index contributed by atoms with van der Waals surface area (Å²) in [5.41, 5.74) is 9.15. The zero-order valence-corrected chi connectivity index (χ0v) is 25.4. The highest BCUT2D eigenvalue weighted by atomic mass is 35.5. The normalized spacial score (nSPS) is 23.0. The van der Waals surface area contributed by atoms with Crippen LogP contribution >= 0.6 is 11.6 Å². The molecule has 0 spiro atoms. The molecule has 42 heavy (non-hydrogen) atoms. The van der Waals surface area contributed by atoms with Gasteiger partial charge in [0.15, 0.2) is 0 Å². The van der Waals surface area contributed by atoms with Gasteiger partial charge in [0.25, 0.3) is 0 Å². The van der Waals surface area contributed by atoms with E-state index in [0.29, 0.717) is 56.3 Å². The Hall–Kier alpha value is -2.90. The quantitative estimate of drug-likeness (QED) is 0.400. The van der Waals surface area contributed by atoms with Crippen molar-refractivity contribution in [1.82, 2.24) is 10.2 Å². The maximum absolute atomic E-state index is 14.1. The number of carbonyl (C=O) groups is 3. The van der Waals surface area contributed by atoms with Crippen molar-refractivity contribution in [1.29, 1.82) is 0 Å². The summed E-state index contributed by atoms with van der Waals surface area (Å²) in [4.78, 5) is 42.9. The molecule has 5 rings (SSSR count). The van der Waals surface area contributed by atoms with Gasteiger partial charge in [-0.1, -0.05) is 67.3 Å². The predicted molar refractivity (Wildman–Crippen MR) is 164 cm³/mol. The Morgan fingerprint density at radius 2 is 1.71 bits per heavy atom.